The molecule has 0 amide bonds. The fourth-order valence-electron chi connectivity index (χ4n) is 5.57. The molecule has 6 heteroatoms. The first kappa shape index (κ1) is 22.2. The van der Waals surface area contributed by atoms with Gasteiger partial charge in [-0.15, -0.1) is 0 Å². The number of carbonyl (C=O) groups excluding carboxylic acids is 1. The smallest absolute Gasteiger partial charge is 0.339 e. The van der Waals surface area contributed by atoms with E-state index in [-0.39, 0.29) is 22.5 Å². The number of anilines is 1. The monoisotopic (exact) mass is 479 g/mol. The van der Waals surface area contributed by atoms with Gasteiger partial charge in [-0.3, -0.25) is 4.79 Å². The van der Waals surface area contributed by atoms with Gasteiger partial charge in [0.15, 0.2) is 5.78 Å². The number of hydrogen-bond acceptors (Lipinski definition) is 5. The molecule has 36 heavy (non-hydrogen) atoms. The van der Waals surface area contributed by atoms with Crippen molar-refractivity contribution in [2.45, 2.75) is 32.7 Å². The number of carbonyl (C=O) groups is 2. The number of carboxylic acids is 1. The molecule has 0 unspecified atom stereocenters. The Hall–Kier alpha value is -4.32. The molecule has 3 N–H and O–H groups in total. The van der Waals surface area contributed by atoms with Crippen LogP contribution in [0.4, 0.5) is 5.69 Å². The molecule has 0 saturated carbocycles. The van der Waals surface area contributed by atoms with Crippen LogP contribution in [0.3, 0.4) is 0 Å². The normalized spacial score (nSPS) is 18.5. The number of nitrogens with one attached hydrogen (secondary N) is 1. The molecule has 2 aliphatic rings. The Morgan fingerprint density at radius 2 is 1.83 bits per heavy atom. The zero-order chi connectivity index (χ0) is 25.2. The molecule has 1 aromatic heterocycles. The van der Waals surface area contributed by atoms with Crippen molar-refractivity contribution >= 4 is 33.8 Å². The summed E-state index contributed by atoms with van der Waals surface area (Å²) in [6.45, 7) is 4.26. The molecule has 3 aromatic carbocycles. The summed E-state index contributed by atoms with van der Waals surface area (Å²) in [5.74, 6) is -0.378. The van der Waals surface area contributed by atoms with E-state index in [0.717, 1.165) is 39.6 Å². The second kappa shape index (κ2) is 7.85. The summed E-state index contributed by atoms with van der Waals surface area (Å²) < 4.78 is 6.21. The van der Waals surface area contributed by atoms with Gasteiger partial charge in [-0.2, -0.15) is 0 Å². The van der Waals surface area contributed by atoms with Crippen LogP contribution in [0.15, 0.2) is 76.7 Å². The summed E-state index contributed by atoms with van der Waals surface area (Å²) >= 11 is 0. The highest BCUT2D eigenvalue weighted by Gasteiger charge is 2.41. The number of rotatable bonds is 3. The largest absolute Gasteiger partial charge is 0.507 e. The second-order valence-corrected chi connectivity index (χ2v) is 10.4. The Bertz CT molecular complexity index is 1610. The van der Waals surface area contributed by atoms with E-state index in [1.165, 1.54) is 12.1 Å². The number of ketones is 1. The first-order valence-corrected chi connectivity index (χ1v) is 11.9. The van der Waals surface area contributed by atoms with Crippen LogP contribution in [-0.4, -0.2) is 22.0 Å². The first-order chi connectivity index (χ1) is 17.2. The number of aromatic carboxylic acids is 1. The van der Waals surface area contributed by atoms with Crippen LogP contribution in [0.5, 0.6) is 5.75 Å². The van der Waals surface area contributed by atoms with Gasteiger partial charge in [0.05, 0.1) is 0 Å². The van der Waals surface area contributed by atoms with E-state index < -0.39 is 12.0 Å². The summed E-state index contributed by atoms with van der Waals surface area (Å²) in [5, 5.41) is 25.0. The predicted molar refractivity (Wildman–Crippen MR) is 138 cm³/mol. The lowest BCUT2D eigenvalue weighted by Crippen LogP contribution is -2.33. The van der Waals surface area contributed by atoms with Gasteiger partial charge < -0.3 is 19.9 Å². The summed E-state index contributed by atoms with van der Waals surface area (Å²) in [7, 11) is 0. The molecule has 6 rings (SSSR count). The van der Waals surface area contributed by atoms with E-state index in [2.05, 4.69) is 43.4 Å². The van der Waals surface area contributed by atoms with Crippen molar-refractivity contribution in [3.8, 4) is 17.1 Å². The highest BCUT2D eigenvalue weighted by Crippen LogP contribution is 2.52. The molecule has 0 saturated heterocycles. The molecule has 1 aliphatic heterocycles. The minimum absolute atomic E-state index is 0.105. The Morgan fingerprint density at radius 3 is 2.64 bits per heavy atom. The summed E-state index contributed by atoms with van der Waals surface area (Å²) in [6.07, 6.45) is 1.23. The Balaban J connectivity index is 1.50. The quantitative estimate of drug-likeness (QED) is 0.298. The van der Waals surface area contributed by atoms with Gasteiger partial charge in [0.25, 0.3) is 0 Å². The maximum atomic E-state index is 13.6. The van der Waals surface area contributed by atoms with Crippen molar-refractivity contribution in [2.24, 2.45) is 5.41 Å². The number of hydrogen-bond donors (Lipinski definition) is 3. The van der Waals surface area contributed by atoms with Crippen LogP contribution in [0, 0.1) is 5.41 Å². The molecule has 4 aromatic rings. The maximum absolute atomic E-state index is 13.6. The van der Waals surface area contributed by atoms with Crippen molar-refractivity contribution in [2.75, 3.05) is 5.32 Å². The number of phenols is 1. The first-order valence-electron chi connectivity index (χ1n) is 11.9. The molecule has 0 bridgehead atoms. The summed E-state index contributed by atoms with van der Waals surface area (Å²) in [5.41, 5.74) is 4.01. The zero-order valence-corrected chi connectivity index (χ0v) is 20.0. The molecule has 180 valence electrons. The number of furan rings is 1. The number of benzene rings is 3. The van der Waals surface area contributed by atoms with E-state index in [9.17, 15) is 19.8 Å². The Morgan fingerprint density at radius 1 is 1.03 bits per heavy atom. The van der Waals surface area contributed by atoms with Gasteiger partial charge in [-0.1, -0.05) is 44.2 Å². The number of Topliss-reactive ketones (excluding diaryl/α,β-unsaturated/α-hetero) is 1. The van der Waals surface area contributed by atoms with Crippen molar-refractivity contribution in [3.05, 3.63) is 89.2 Å². The summed E-state index contributed by atoms with van der Waals surface area (Å²) in [4.78, 5) is 25.0. The number of allylic oxidation sites excluding steroid dienone is 1. The van der Waals surface area contributed by atoms with Gasteiger partial charge in [0, 0.05) is 28.8 Å². The van der Waals surface area contributed by atoms with Crippen molar-refractivity contribution in [3.63, 3.8) is 0 Å². The van der Waals surface area contributed by atoms with E-state index in [4.69, 9.17) is 4.42 Å². The minimum Gasteiger partial charge on any atom is -0.507 e. The maximum Gasteiger partial charge on any atom is 0.339 e. The third-order valence-electron chi connectivity index (χ3n) is 7.16. The third kappa shape index (κ3) is 3.49. The van der Waals surface area contributed by atoms with Crippen LogP contribution in [0.1, 0.15) is 54.4 Å². The lowest BCUT2D eigenvalue weighted by molar-refractivity contribution is -0.118. The molecule has 1 aliphatic carbocycles. The van der Waals surface area contributed by atoms with Crippen molar-refractivity contribution in [1.82, 2.24) is 0 Å². The lowest BCUT2D eigenvalue weighted by atomic mass is 9.68. The van der Waals surface area contributed by atoms with Crippen LogP contribution < -0.4 is 5.32 Å². The molecule has 1 atom stereocenters. The molecule has 0 radical (unpaired) electrons. The van der Waals surface area contributed by atoms with Gasteiger partial charge >= 0.3 is 5.97 Å². The molecular weight excluding hydrogens is 454 g/mol. The standard InChI is InChI=1S/C30H25NO5/c1-30(2)14-20-26-18-6-4-3-5-16(18)7-9-21(26)31-28(27(20)23(33)15-30)25-12-11-24(36-25)17-8-10-22(32)19(13-17)29(34)35/h3-13,28,31-32H,14-15H2,1-2H3,(H,34,35)/t28-/m1/s1. The average Bonchev–Trinajstić information content (AvgIpc) is 3.32. The molecule has 2 heterocycles. The highest BCUT2D eigenvalue weighted by molar-refractivity contribution is 6.12. The fourth-order valence-corrected chi connectivity index (χ4v) is 5.57. The Kier molecular flexibility index (Phi) is 4.83. The van der Waals surface area contributed by atoms with E-state index >= 15 is 0 Å². The van der Waals surface area contributed by atoms with Crippen molar-refractivity contribution in [1.29, 1.82) is 0 Å². The van der Waals surface area contributed by atoms with Crippen LogP contribution in [-0.2, 0) is 4.79 Å². The second-order valence-electron chi connectivity index (χ2n) is 10.4. The highest BCUT2D eigenvalue weighted by atomic mass is 16.4. The van der Waals surface area contributed by atoms with Crippen LogP contribution in [0.2, 0.25) is 0 Å². The summed E-state index contributed by atoms with van der Waals surface area (Å²) in [6, 6.07) is 19.8. The van der Waals surface area contributed by atoms with Crippen molar-refractivity contribution < 1.29 is 24.2 Å². The number of aromatic hydroxyl groups is 1. The zero-order valence-electron chi connectivity index (χ0n) is 20.0. The lowest BCUT2D eigenvalue weighted by Gasteiger charge is -2.39. The van der Waals surface area contributed by atoms with Gasteiger partial charge in [-0.05, 0) is 64.6 Å². The molecular formula is C30H25NO5. The average molecular weight is 480 g/mol. The van der Waals surface area contributed by atoms with Gasteiger partial charge in [0.1, 0.15) is 28.9 Å². The predicted octanol–water partition coefficient (Wildman–Crippen LogP) is 6.81. The molecule has 0 fully saturated rings. The van der Waals surface area contributed by atoms with E-state index in [1.54, 1.807) is 12.1 Å². The number of fused-ring (bicyclic) bond motifs is 4. The SMILES string of the molecule is CC1(C)CC(=O)C2=C(C1)c1c(ccc3ccccc13)N[C@@H]2c1ccc(-c2ccc(O)c(C(=O)O)c2)o1. The fraction of sp³-hybridized carbons (Fsp3) is 0.200. The van der Waals surface area contributed by atoms with Crippen LogP contribution in [0.25, 0.3) is 27.7 Å². The number of carboxylic acid groups (broad SMARTS) is 1. The Labute approximate surface area is 207 Å². The molecule has 0 spiro atoms. The molecule has 6 nitrogen and oxygen atoms in total. The topological polar surface area (TPSA) is 99.8 Å². The van der Waals surface area contributed by atoms with Gasteiger partial charge in [0.2, 0.25) is 0 Å². The van der Waals surface area contributed by atoms with E-state index in [1.807, 2.05) is 18.2 Å². The van der Waals surface area contributed by atoms with E-state index in [0.29, 0.717) is 23.5 Å². The van der Waals surface area contributed by atoms with Crippen LogP contribution >= 0.6 is 0 Å². The van der Waals surface area contributed by atoms with Gasteiger partial charge in [-0.25, -0.2) is 4.79 Å². The third-order valence-corrected chi connectivity index (χ3v) is 7.16. The minimum atomic E-state index is -1.22.